The maximum Gasteiger partial charge on any atom is 0.257 e. The number of nitrogens with two attached hydrogens (primary N) is 1. The molecule has 0 aromatic rings. The van der Waals surface area contributed by atoms with Gasteiger partial charge in [0, 0.05) is 6.42 Å². The van der Waals surface area contributed by atoms with Crippen molar-refractivity contribution in [2.24, 2.45) is 5.84 Å². The molecular weight excluding hydrogens is 152 g/mol. The van der Waals surface area contributed by atoms with E-state index in [0.717, 1.165) is 0 Å². The number of amides is 2. The molecule has 2 amide bonds. The molecule has 0 aromatic heterocycles. The molecule has 2 N–H and O–H groups in total. The highest BCUT2D eigenvalue weighted by Crippen LogP contribution is 2.19. The fourth-order valence-corrected chi connectivity index (χ4v) is 1.43. The normalized spacial score (nSPS) is 26.2. The Bertz CT molecular complexity index is 182. The molecule has 1 aliphatic rings. The lowest BCUT2D eigenvalue weighted by Crippen LogP contribution is -2.37. The number of hydrogen-bond acceptors (Lipinski definition) is 4. The zero-order valence-corrected chi connectivity index (χ0v) is 6.35. The molecule has 1 atom stereocenters. The van der Waals surface area contributed by atoms with Crippen molar-refractivity contribution < 1.29 is 9.59 Å². The fraction of sp³-hybridized carbons (Fsp3) is 0.600. The Morgan fingerprint density at radius 3 is 2.50 bits per heavy atom. The Morgan fingerprint density at radius 2 is 2.30 bits per heavy atom. The third-order valence-electron chi connectivity index (χ3n) is 1.43. The number of imide groups is 1. The van der Waals surface area contributed by atoms with Crippen LogP contribution in [-0.4, -0.2) is 28.3 Å². The summed E-state index contributed by atoms with van der Waals surface area (Å²) in [4.78, 5) is 21.6. The predicted molar refractivity (Wildman–Crippen MR) is 38.0 cm³/mol. The van der Waals surface area contributed by atoms with Crippen molar-refractivity contribution in [3.05, 3.63) is 0 Å². The summed E-state index contributed by atoms with van der Waals surface area (Å²) in [7, 11) is 0. The first-order valence-corrected chi connectivity index (χ1v) is 4.10. The second kappa shape index (κ2) is 2.59. The fourth-order valence-electron chi connectivity index (χ4n) is 0.806. The van der Waals surface area contributed by atoms with Crippen LogP contribution >= 0.6 is 11.8 Å². The summed E-state index contributed by atoms with van der Waals surface area (Å²) >= 11 is 1.36. The third kappa shape index (κ3) is 1.02. The number of nitrogens with zero attached hydrogens (tertiary/aromatic N) is 1. The Hall–Kier alpha value is -0.550. The van der Waals surface area contributed by atoms with E-state index in [1.165, 1.54) is 11.8 Å². The van der Waals surface area contributed by atoms with E-state index in [0.29, 0.717) is 5.01 Å². The third-order valence-corrected chi connectivity index (χ3v) is 2.36. The van der Waals surface area contributed by atoms with E-state index in [4.69, 9.17) is 5.84 Å². The van der Waals surface area contributed by atoms with E-state index >= 15 is 0 Å². The summed E-state index contributed by atoms with van der Waals surface area (Å²) < 4.78 is 0. The van der Waals surface area contributed by atoms with Crippen LogP contribution in [0.2, 0.25) is 0 Å². The van der Waals surface area contributed by atoms with Gasteiger partial charge in [-0.25, -0.2) is 10.9 Å². The minimum Gasteiger partial charge on any atom is -0.273 e. The molecule has 0 spiro atoms. The number of rotatable bonds is 1. The Kier molecular flexibility index (Phi) is 1.96. The lowest BCUT2D eigenvalue weighted by molar-refractivity contribution is -0.138. The van der Waals surface area contributed by atoms with Gasteiger partial charge in [0.25, 0.3) is 5.91 Å². The largest absolute Gasteiger partial charge is 0.273 e. The van der Waals surface area contributed by atoms with Crippen LogP contribution in [0, 0.1) is 0 Å². The Morgan fingerprint density at radius 1 is 1.70 bits per heavy atom. The number of thioether (sulfide) groups is 1. The second-order valence-corrected chi connectivity index (χ2v) is 3.07. The highest BCUT2D eigenvalue weighted by Gasteiger charge is 2.35. The number of hydrazine groups is 1. The summed E-state index contributed by atoms with van der Waals surface area (Å²) in [6.07, 6.45) is 2.03. The van der Waals surface area contributed by atoms with E-state index in [9.17, 15) is 9.59 Å². The average molecular weight is 160 g/mol. The van der Waals surface area contributed by atoms with E-state index < -0.39 is 0 Å². The summed E-state index contributed by atoms with van der Waals surface area (Å²) in [6, 6.07) is 0. The van der Waals surface area contributed by atoms with Crippen LogP contribution in [0.1, 0.15) is 6.42 Å². The van der Waals surface area contributed by atoms with Crippen molar-refractivity contribution in [2.75, 3.05) is 6.26 Å². The van der Waals surface area contributed by atoms with E-state index in [-0.39, 0.29) is 23.5 Å². The molecule has 0 aliphatic carbocycles. The van der Waals surface area contributed by atoms with Crippen LogP contribution in [0.15, 0.2) is 0 Å². The van der Waals surface area contributed by atoms with Crippen LogP contribution < -0.4 is 5.84 Å². The lowest BCUT2D eigenvalue weighted by Gasteiger charge is -2.04. The van der Waals surface area contributed by atoms with Crippen LogP contribution in [0.3, 0.4) is 0 Å². The van der Waals surface area contributed by atoms with Gasteiger partial charge in [-0.3, -0.25) is 9.59 Å². The molecule has 1 saturated heterocycles. The standard InChI is InChI=1S/C5H8N2O2S/c1-10-3-2-4(8)7(6)5(3)9/h3H,2,6H2,1H3. The van der Waals surface area contributed by atoms with Crippen molar-refractivity contribution in [3.8, 4) is 0 Å². The van der Waals surface area contributed by atoms with Gasteiger partial charge in [0.2, 0.25) is 5.91 Å². The molecule has 1 fully saturated rings. The van der Waals surface area contributed by atoms with Crippen LogP contribution in [0.5, 0.6) is 0 Å². The quantitative estimate of drug-likeness (QED) is 0.314. The molecule has 10 heavy (non-hydrogen) atoms. The smallest absolute Gasteiger partial charge is 0.257 e. The zero-order chi connectivity index (χ0) is 7.72. The molecule has 56 valence electrons. The van der Waals surface area contributed by atoms with Crippen LogP contribution in [-0.2, 0) is 9.59 Å². The SMILES string of the molecule is CSC1CC(=O)N(N)C1=O. The van der Waals surface area contributed by atoms with Crippen molar-refractivity contribution in [3.63, 3.8) is 0 Å². The summed E-state index contributed by atoms with van der Waals surface area (Å²) in [5.74, 6) is 4.54. The van der Waals surface area contributed by atoms with Gasteiger partial charge < -0.3 is 0 Å². The lowest BCUT2D eigenvalue weighted by atomic mass is 10.4. The molecule has 1 heterocycles. The van der Waals surface area contributed by atoms with Crippen LogP contribution in [0.25, 0.3) is 0 Å². The first kappa shape index (κ1) is 7.56. The minimum absolute atomic E-state index is 0.247. The van der Waals surface area contributed by atoms with Crippen molar-refractivity contribution >= 4 is 23.6 Å². The van der Waals surface area contributed by atoms with Crippen LogP contribution in [0.4, 0.5) is 0 Å². The van der Waals surface area contributed by atoms with E-state index in [1.54, 1.807) is 6.26 Å². The van der Waals surface area contributed by atoms with Gasteiger partial charge >= 0.3 is 0 Å². The van der Waals surface area contributed by atoms with Gasteiger partial charge in [-0.15, -0.1) is 0 Å². The van der Waals surface area contributed by atoms with Crippen molar-refractivity contribution in [2.45, 2.75) is 11.7 Å². The topological polar surface area (TPSA) is 63.4 Å². The molecule has 1 unspecified atom stereocenters. The Labute approximate surface area is 62.7 Å². The van der Waals surface area contributed by atoms with Gasteiger partial charge in [0.15, 0.2) is 0 Å². The highest BCUT2D eigenvalue weighted by molar-refractivity contribution is 8.00. The van der Waals surface area contributed by atoms with Gasteiger partial charge in [-0.05, 0) is 6.26 Å². The first-order valence-electron chi connectivity index (χ1n) is 2.81. The van der Waals surface area contributed by atoms with Gasteiger partial charge in [-0.2, -0.15) is 11.8 Å². The highest BCUT2D eigenvalue weighted by atomic mass is 32.2. The van der Waals surface area contributed by atoms with Gasteiger partial charge in [0.05, 0.1) is 5.25 Å². The maximum atomic E-state index is 10.9. The number of carbonyl (C=O) groups is 2. The molecule has 0 saturated carbocycles. The van der Waals surface area contributed by atoms with E-state index in [1.807, 2.05) is 0 Å². The molecule has 0 aromatic carbocycles. The van der Waals surface area contributed by atoms with Gasteiger partial charge in [-0.1, -0.05) is 0 Å². The molecule has 1 rings (SSSR count). The summed E-state index contributed by atoms with van der Waals surface area (Å²) in [5, 5.41) is 0.443. The monoisotopic (exact) mass is 160 g/mol. The number of hydrogen-bond donors (Lipinski definition) is 1. The minimum atomic E-state index is -0.288. The maximum absolute atomic E-state index is 10.9. The van der Waals surface area contributed by atoms with E-state index in [2.05, 4.69) is 0 Å². The molecule has 4 nitrogen and oxygen atoms in total. The first-order chi connectivity index (χ1) is 4.66. The molecular formula is C5H8N2O2S. The average Bonchev–Trinajstić information content (AvgIpc) is 2.17. The second-order valence-electron chi connectivity index (χ2n) is 2.03. The molecule has 5 heteroatoms. The van der Waals surface area contributed by atoms with Crippen molar-refractivity contribution in [1.82, 2.24) is 5.01 Å². The van der Waals surface area contributed by atoms with Crippen molar-refractivity contribution in [1.29, 1.82) is 0 Å². The summed E-state index contributed by atoms with van der Waals surface area (Å²) in [6.45, 7) is 0. The zero-order valence-electron chi connectivity index (χ0n) is 5.53. The molecule has 0 radical (unpaired) electrons. The molecule has 0 bridgehead atoms. The predicted octanol–water partition coefficient (Wildman–Crippen LogP) is -0.649. The summed E-state index contributed by atoms with van der Waals surface area (Å²) in [5.41, 5.74) is 0. The Balaban J connectivity index is 2.71. The van der Waals surface area contributed by atoms with Gasteiger partial charge in [0.1, 0.15) is 0 Å². The number of carbonyl (C=O) groups excluding carboxylic acids is 2. The molecule has 1 aliphatic heterocycles.